The van der Waals surface area contributed by atoms with Gasteiger partial charge >= 0.3 is 4.87 Å². The molecule has 1 saturated heterocycles. The van der Waals surface area contributed by atoms with Crippen LogP contribution in [0.1, 0.15) is 22.8 Å². The summed E-state index contributed by atoms with van der Waals surface area (Å²) in [5.41, 5.74) is 1.30. The Kier molecular flexibility index (Phi) is 5.82. The summed E-state index contributed by atoms with van der Waals surface area (Å²) in [6, 6.07) is 9.18. The van der Waals surface area contributed by atoms with Gasteiger partial charge in [-0.15, -0.1) is 11.8 Å². The number of primary sulfonamides is 1. The van der Waals surface area contributed by atoms with Gasteiger partial charge in [0.25, 0.3) is 0 Å². The maximum Gasteiger partial charge on any atom is 0.305 e. The predicted octanol–water partition coefficient (Wildman–Crippen LogP) is 1.59. The SMILES string of the molecule is NS(=O)(=O)c1ccc(NC(=O)CN2C(=O)C3C4CC(C3C2=O)C2C(c3cccnc3)c3sc(=O)[nH]c3SC42)cc1. The molecule has 3 aromatic rings. The Hall–Kier alpha value is -3.33. The number of nitrogens with zero attached hydrogens (tertiary/aromatic N) is 2. The van der Waals surface area contributed by atoms with Crippen molar-refractivity contribution in [2.75, 3.05) is 11.9 Å². The fourth-order valence-corrected chi connectivity index (χ4v) is 10.6. The monoisotopic (exact) mass is 597 g/mol. The molecule has 2 aromatic heterocycles. The summed E-state index contributed by atoms with van der Waals surface area (Å²) in [6.45, 7) is -0.420. The van der Waals surface area contributed by atoms with Crippen LogP contribution in [0.5, 0.6) is 0 Å². The number of amides is 3. The minimum atomic E-state index is -3.87. The van der Waals surface area contributed by atoms with Crippen molar-refractivity contribution in [2.45, 2.75) is 27.5 Å². The van der Waals surface area contributed by atoms with Crippen LogP contribution in [0.4, 0.5) is 5.69 Å². The third kappa shape index (κ3) is 3.88. The molecule has 4 aliphatic rings. The lowest BCUT2D eigenvalue weighted by atomic mass is 9.68. The van der Waals surface area contributed by atoms with Gasteiger partial charge < -0.3 is 10.3 Å². The number of hydrogen-bond acceptors (Lipinski definition) is 9. The number of thiazole rings is 1. The quantitative estimate of drug-likeness (QED) is 0.372. The van der Waals surface area contributed by atoms with Crippen molar-refractivity contribution < 1.29 is 22.8 Å². The Labute approximate surface area is 236 Å². The van der Waals surface area contributed by atoms with E-state index in [0.29, 0.717) is 5.69 Å². The van der Waals surface area contributed by atoms with Gasteiger partial charge in [0, 0.05) is 34.1 Å². The van der Waals surface area contributed by atoms with Gasteiger partial charge in [-0.1, -0.05) is 17.4 Å². The molecule has 3 amide bonds. The summed E-state index contributed by atoms with van der Waals surface area (Å²) in [5.74, 6) is -2.36. The Morgan fingerprint density at radius 2 is 1.82 bits per heavy atom. The molecule has 3 fully saturated rings. The van der Waals surface area contributed by atoms with Crippen molar-refractivity contribution in [1.82, 2.24) is 14.9 Å². The highest BCUT2D eigenvalue weighted by Crippen LogP contribution is 2.68. The zero-order valence-corrected chi connectivity index (χ0v) is 23.2. The number of anilines is 1. The molecular weight excluding hydrogens is 575 g/mol. The number of H-pyrrole nitrogens is 1. The molecule has 206 valence electrons. The summed E-state index contributed by atoms with van der Waals surface area (Å²) in [5, 5.41) is 8.62. The molecule has 7 rings (SSSR count). The van der Waals surface area contributed by atoms with Crippen molar-refractivity contribution >= 4 is 56.5 Å². The maximum atomic E-state index is 13.7. The molecule has 7 atom stereocenters. The number of carbonyl (C=O) groups excluding carboxylic acids is 3. The highest BCUT2D eigenvalue weighted by atomic mass is 32.2. The molecular formula is C26H23N5O6S3. The van der Waals surface area contributed by atoms with E-state index in [9.17, 15) is 27.6 Å². The van der Waals surface area contributed by atoms with Gasteiger partial charge in [0.15, 0.2) is 0 Å². The number of pyridine rings is 1. The van der Waals surface area contributed by atoms with Crippen LogP contribution in [0.15, 0.2) is 63.5 Å². The van der Waals surface area contributed by atoms with E-state index in [1.54, 1.807) is 18.0 Å². The highest BCUT2D eigenvalue weighted by molar-refractivity contribution is 8.00. The summed E-state index contributed by atoms with van der Waals surface area (Å²) < 4.78 is 22.9. The molecule has 40 heavy (non-hydrogen) atoms. The number of benzene rings is 1. The fraction of sp³-hybridized carbons (Fsp3) is 0.346. The van der Waals surface area contributed by atoms with Crippen LogP contribution >= 0.6 is 23.1 Å². The van der Waals surface area contributed by atoms with Crippen LogP contribution < -0.4 is 15.3 Å². The van der Waals surface area contributed by atoms with Crippen LogP contribution in [0.25, 0.3) is 0 Å². The van der Waals surface area contributed by atoms with Gasteiger partial charge in [0.2, 0.25) is 27.7 Å². The maximum absolute atomic E-state index is 13.7. The number of nitrogens with one attached hydrogen (secondary N) is 2. The summed E-state index contributed by atoms with van der Waals surface area (Å²) in [6.07, 6.45) is 4.26. The second-order valence-corrected chi connectivity index (χ2v) is 14.4. The molecule has 2 aliphatic carbocycles. The van der Waals surface area contributed by atoms with Gasteiger partial charge in [0.1, 0.15) is 6.54 Å². The first kappa shape index (κ1) is 25.6. The summed E-state index contributed by atoms with van der Waals surface area (Å²) in [7, 11) is -3.87. The van der Waals surface area contributed by atoms with Crippen molar-refractivity contribution in [3.8, 4) is 0 Å². The predicted molar refractivity (Wildman–Crippen MR) is 146 cm³/mol. The number of nitrogens with two attached hydrogens (primary N) is 1. The van der Waals surface area contributed by atoms with Gasteiger partial charge in [0.05, 0.1) is 21.8 Å². The number of rotatable bonds is 5. The van der Waals surface area contributed by atoms with Crippen molar-refractivity contribution in [3.05, 3.63) is 68.9 Å². The first-order chi connectivity index (χ1) is 19.1. The van der Waals surface area contributed by atoms with Gasteiger partial charge in [-0.3, -0.25) is 29.1 Å². The standard InChI is InChI=1S/C26H23N5O6S3/c27-40(36,37)13-5-3-12(4-6-13)29-16(32)10-31-24(33)19-14-8-15(20(19)25(31)34)21-18(14)17(11-2-1-7-28-9-11)22-23(38-21)30-26(35)39-22/h1-7,9,14-15,17-21H,8,10H2,(H,29,32)(H,30,35)(H2,27,36,37). The van der Waals surface area contributed by atoms with Gasteiger partial charge in [-0.05, 0) is 60.1 Å². The third-order valence-electron chi connectivity index (χ3n) is 8.63. The molecule has 7 unspecified atom stereocenters. The minimum absolute atomic E-state index is 0.0454. The fourth-order valence-electron chi connectivity index (χ4n) is 7.24. The average Bonchev–Trinajstić information content (AvgIpc) is 3.65. The van der Waals surface area contributed by atoms with Gasteiger partial charge in [-0.2, -0.15) is 0 Å². The van der Waals surface area contributed by atoms with Crippen LogP contribution in [-0.4, -0.2) is 52.8 Å². The number of aromatic amines is 1. The largest absolute Gasteiger partial charge is 0.325 e. The molecule has 2 bridgehead atoms. The number of hydrogen-bond donors (Lipinski definition) is 3. The first-order valence-corrected chi connectivity index (χ1v) is 15.9. The highest BCUT2D eigenvalue weighted by Gasteiger charge is 2.69. The number of fused-ring (bicyclic) bond motifs is 9. The lowest BCUT2D eigenvalue weighted by Crippen LogP contribution is -2.42. The third-order valence-corrected chi connectivity index (χ3v) is 12.1. The van der Waals surface area contributed by atoms with Crippen molar-refractivity contribution in [2.24, 2.45) is 34.7 Å². The lowest BCUT2D eigenvalue weighted by Gasteiger charge is -2.42. The molecule has 11 nitrogen and oxygen atoms in total. The van der Waals surface area contributed by atoms with Crippen molar-refractivity contribution in [3.63, 3.8) is 0 Å². The lowest BCUT2D eigenvalue weighted by molar-refractivity contribution is -0.143. The second kappa shape index (κ2) is 9.09. The summed E-state index contributed by atoms with van der Waals surface area (Å²) >= 11 is 2.80. The smallest absolute Gasteiger partial charge is 0.305 e. The Morgan fingerprint density at radius 1 is 1.10 bits per heavy atom. The molecule has 4 N–H and O–H groups in total. The van der Waals surface area contributed by atoms with Gasteiger partial charge in [-0.25, -0.2) is 13.6 Å². The van der Waals surface area contributed by atoms with Crippen LogP contribution in [0, 0.1) is 29.6 Å². The number of imide groups is 1. The van der Waals surface area contributed by atoms with E-state index < -0.39 is 34.3 Å². The average molecular weight is 598 g/mol. The number of sulfonamides is 1. The first-order valence-electron chi connectivity index (χ1n) is 12.7. The summed E-state index contributed by atoms with van der Waals surface area (Å²) in [4.78, 5) is 61.5. The molecule has 14 heteroatoms. The Bertz CT molecular complexity index is 1720. The minimum Gasteiger partial charge on any atom is -0.325 e. The second-order valence-electron chi connectivity index (χ2n) is 10.6. The number of aromatic nitrogens is 2. The number of likely N-dealkylation sites (tertiary alicyclic amines) is 1. The molecule has 2 saturated carbocycles. The van der Waals surface area contributed by atoms with E-state index in [1.807, 2.05) is 18.3 Å². The Balaban J connectivity index is 1.14. The van der Waals surface area contributed by atoms with Crippen molar-refractivity contribution in [1.29, 1.82) is 0 Å². The number of carbonyl (C=O) groups is 3. The van der Waals surface area contributed by atoms with E-state index in [0.717, 1.165) is 26.8 Å². The van der Waals surface area contributed by atoms with Crippen LogP contribution in [-0.2, 0) is 24.4 Å². The van der Waals surface area contributed by atoms with Crippen LogP contribution in [0.3, 0.4) is 0 Å². The number of thioether (sulfide) groups is 1. The zero-order chi connectivity index (χ0) is 27.9. The molecule has 4 heterocycles. The molecule has 2 aliphatic heterocycles. The molecule has 0 radical (unpaired) electrons. The van der Waals surface area contributed by atoms with E-state index >= 15 is 0 Å². The van der Waals surface area contributed by atoms with E-state index in [-0.39, 0.29) is 50.5 Å². The zero-order valence-electron chi connectivity index (χ0n) is 20.7. The molecule has 1 aromatic carbocycles. The Morgan fingerprint density at radius 3 is 2.50 bits per heavy atom. The van der Waals surface area contributed by atoms with Crippen LogP contribution in [0.2, 0.25) is 0 Å². The van der Waals surface area contributed by atoms with E-state index in [2.05, 4.69) is 15.3 Å². The normalized spacial score (nSPS) is 30.2. The topological polar surface area (TPSA) is 172 Å². The van der Waals surface area contributed by atoms with E-state index in [4.69, 9.17) is 5.14 Å². The van der Waals surface area contributed by atoms with E-state index in [1.165, 1.54) is 35.6 Å². The molecule has 0 spiro atoms.